The van der Waals surface area contributed by atoms with Crippen molar-refractivity contribution in [2.75, 3.05) is 4.72 Å². The minimum atomic E-state index is -3.70. The van der Waals surface area contributed by atoms with E-state index in [9.17, 15) is 13.2 Å². The molecule has 0 amide bonds. The molecule has 2 aromatic rings. The zero-order chi connectivity index (χ0) is 14.6. The highest BCUT2D eigenvalue weighted by Gasteiger charge is 2.16. The lowest BCUT2D eigenvalue weighted by atomic mass is 10.2. The van der Waals surface area contributed by atoms with Crippen LogP contribution in [-0.4, -0.2) is 24.5 Å². The van der Waals surface area contributed by atoms with Gasteiger partial charge in [-0.1, -0.05) is 30.3 Å². The quantitative estimate of drug-likeness (QED) is 0.874. The summed E-state index contributed by atoms with van der Waals surface area (Å²) in [6, 6.07) is 9.85. The molecule has 0 aliphatic heterocycles. The number of sulfonamides is 1. The van der Waals surface area contributed by atoms with Crippen molar-refractivity contribution in [2.24, 2.45) is 0 Å². The molecule has 0 aliphatic carbocycles. The SMILES string of the molecule is O=C(O)c1ccncc1NS(=O)(=O)Cc1ccccc1. The molecular formula is C13H12N2O4S. The lowest BCUT2D eigenvalue weighted by Gasteiger charge is -2.09. The number of hydrogen-bond acceptors (Lipinski definition) is 4. The van der Waals surface area contributed by atoms with Gasteiger partial charge in [-0.05, 0) is 11.6 Å². The van der Waals surface area contributed by atoms with E-state index in [1.165, 1.54) is 18.5 Å². The van der Waals surface area contributed by atoms with Crippen LogP contribution in [0.2, 0.25) is 0 Å². The van der Waals surface area contributed by atoms with Crippen LogP contribution < -0.4 is 4.72 Å². The fraction of sp³-hybridized carbons (Fsp3) is 0.0769. The average Bonchev–Trinajstić information content (AvgIpc) is 2.39. The Balaban J connectivity index is 2.23. The standard InChI is InChI=1S/C13H12N2O4S/c16-13(17)11-6-7-14-8-12(11)15-20(18,19)9-10-4-2-1-3-5-10/h1-8,15H,9H2,(H,16,17). The molecule has 0 bridgehead atoms. The molecule has 6 nitrogen and oxygen atoms in total. The van der Waals surface area contributed by atoms with Gasteiger partial charge < -0.3 is 5.11 Å². The number of anilines is 1. The second kappa shape index (κ2) is 5.70. The molecule has 0 spiro atoms. The lowest BCUT2D eigenvalue weighted by Crippen LogP contribution is -2.17. The number of aromatic nitrogens is 1. The Bertz CT molecular complexity index is 714. The Kier molecular flexibility index (Phi) is 3.99. The number of aromatic carboxylic acids is 1. The van der Waals surface area contributed by atoms with Crippen LogP contribution >= 0.6 is 0 Å². The van der Waals surface area contributed by atoms with Gasteiger partial charge in [0, 0.05) is 6.20 Å². The first-order chi connectivity index (χ1) is 9.48. The summed E-state index contributed by atoms with van der Waals surface area (Å²) in [6.07, 6.45) is 2.46. The summed E-state index contributed by atoms with van der Waals surface area (Å²) < 4.78 is 26.3. The van der Waals surface area contributed by atoms with Crippen molar-refractivity contribution in [3.63, 3.8) is 0 Å². The van der Waals surface area contributed by atoms with E-state index in [1.807, 2.05) is 0 Å². The van der Waals surface area contributed by atoms with Gasteiger partial charge in [0.2, 0.25) is 10.0 Å². The second-order valence-corrected chi connectivity index (χ2v) is 5.80. The zero-order valence-electron chi connectivity index (χ0n) is 10.4. The van der Waals surface area contributed by atoms with Gasteiger partial charge in [-0.15, -0.1) is 0 Å². The van der Waals surface area contributed by atoms with E-state index in [1.54, 1.807) is 30.3 Å². The van der Waals surface area contributed by atoms with Crippen molar-refractivity contribution in [3.8, 4) is 0 Å². The summed E-state index contributed by atoms with van der Waals surface area (Å²) in [7, 11) is -3.70. The maximum absolute atomic E-state index is 12.0. The van der Waals surface area contributed by atoms with Gasteiger partial charge in [0.15, 0.2) is 0 Å². The normalized spacial score (nSPS) is 11.0. The number of pyridine rings is 1. The van der Waals surface area contributed by atoms with Crippen molar-refractivity contribution in [1.82, 2.24) is 4.98 Å². The predicted molar refractivity (Wildman–Crippen MR) is 73.9 cm³/mol. The van der Waals surface area contributed by atoms with Crippen molar-refractivity contribution in [2.45, 2.75) is 5.75 Å². The summed E-state index contributed by atoms with van der Waals surface area (Å²) in [5.74, 6) is -1.45. The highest BCUT2D eigenvalue weighted by atomic mass is 32.2. The summed E-state index contributed by atoms with van der Waals surface area (Å²) >= 11 is 0. The van der Waals surface area contributed by atoms with Gasteiger partial charge in [-0.2, -0.15) is 0 Å². The third-order valence-electron chi connectivity index (χ3n) is 2.52. The molecule has 0 saturated carbocycles. The molecule has 0 aliphatic rings. The summed E-state index contributed by atoms with van der Waals surface area (Å²) in [5.41, 5.74) is 0.424. The number of rotatable bonds is 5. The van der Waals surface area contributed by atoms with E-state index in [2.05, 4.69) is 9.71 Å². The Hall–Kier alpha value is -2.41. The highest BCUT2D eigenvalue weighted by molar-refractivity contribution is 7.91. The van der Waals surface area contributed by atoms with Gasteiger partial charge in [-0.25, -0.2) is 13.2 Å². The average molecular weight is 292 g/mol. The van der Waals surface area contributed by atoms with Crippen LogP contribution in [0.4, 0.5) is 5.69 Å². The number of carboxylic acid groups (broad SMARTS) is 1. The van der Waals surface area contributed by atoms with E-state index < -0.39 is 16.0 Å². The zero-order valence-corrected chi connectivity index (χ0v) is 11.2. The van der Waals surface area contributed by atoms with Crippen LogP contribution in [0.5, 0.6) is 0 Å². The van der Waals surface area contributed by atoms with Gasteiger partial charge in [0.05, 0.1) is 23.2 Å². The van der Waals surface area contributed by atoms with Gasteiger partial charge in [0.25, 0.3) is 0 Å². The van der Waals surface area contributed by atoms with Crippen LogP contribution in [0.15, 0.2) is 48.8 Å². The van der Waals surface area contributed by atoms with E-state index in [4.69, 9.17) is 5.11 Å². The number of nitrogens with zero attached hydrogens (tertiary/aromatic N) is 1. The van der Waals surface area contributed by atoms with E-state index in [0.29, 0.717) is 5.56 Å². The molecule has 20 heavy (non-hydrogen) atoms. The maximum Gasteiger partial charge on any atom is 0.337 e. The highest BCUT2D eigenvalue weighted by Crippen LogP contribution is 2.16. The van der Waals surface area contributed by atoms with Crippen LogP contribution in [0, 0.1) is 0 Å². The Morgan fingerprint density at radius 2 is 1.90 bits per heavy atom. The molecular weight excluding hydrogens is 280 g/mol. The third kappa shape index (κ3) is 3.55. The Morgan fingerprint density at radius 1 is 1.20 bits per heavy atom. The molecule has 1 aromatic heterocycles. The molecule has 0 radical (unpaired) electrons. The molecule has 104 valence electrons. The molecule has 7 heteroatoms. The van der Waals surface area contributed by atoms with Gasteiger partial charge in [-0.3, -0.25) is 9.71 Å². The molecule has 0 saturated heterocycles. The molecule has 1 heterocycles. The van der Waals surface area contributed by atoms with Crippen LogP contribution in [0.1, 0.15) is 15.9 Å². The largest absolute Gasteiger partial charge is 0.478 e. The van der Waals surface area contributed by atoms with E-state index in [-0.39, 0.29) is 17.0 Å². The monoisotopic (exact) mass is 292 g/mol. The summed E-state index contributed by atoms with van der Waals surface area (Å²) in [4.78, 5) is 14.7. The third-order valence-corrected chi connectivity index (χ3v) is 3.76. The van der Waals surface area contributed by atoms with Gasteiger partial charge >= 0.3 is 5.97 Å². The van der Waals surface area contributed by atoms with Crippen LogP contribution in [-0.2, 0) is 15.8 Å². The summed E-state index contributed by atoms with van der Waals surface area (Å²) in [6.45, 7) is 0. The van der Waals surface area contributed by atoms with E-state index in [0.717, 1.165) is 0 Å². The van der Waals surface area contributed by atoms with Crippen LogP contribution in [0.3, 0.4) is 0 Å². The van der Waals surface area contributed by atoms with Crippen molar-refractivity contribution >= 4 is 21.7 Å². The van der Waals surface area contributed by atoms with Crippen molar-refractivity contribution < 1.29 is 18.3 Å². The number of carboxylic acids is 1. The van der Waals surface area contributed by atoms with Gasteiger partial charge in [0.1, 0.15) is 0 Å². The predicted octanol–water partition coefficient (Wildman–Crippen LogP) is 1.72. The Morgan fingerprint density at radius 3 is 2.55 bits per heavy atom. The van der Waals surface area contributed by atoms with Crippen molar-refractivity contribution in [1.29, 1.82) is 0 Å². The first-order valence-electron chi connectivity index (χ1n) is 5.70. The Labute approximate surface area is 116 Å². The second-order valence-electron chi connectivity index (χ2n) is 4.07. The first-order valence-corrected chi connectivity index (χ1v) is 7.35. The number of benzene rings is 1. The number of hydrogen-bond donors (Lipinski definition) is 2. The first kappa shape index (κ1) is 14.0. The lowest BCUT2D eigenvalue weighted by molar-refractivity contribution is 0.0698. The van der Waals surface area contributed by atoms with Crippen molar-refractivity contribution in [3.05, 3.63) is 59.9 Å². The minimum absolute atomic E-state index is 0.0454. The van der Waals surface area contributed by atoms with E-state index >= 15 is 0 Å². The molecule has 2 rings (SSSR count). The smallest absolute Gasteiger partial charge is 0.337 e. The topological polar surface area (TPSA) is 96.4 Å². The molecule has 0 unspecified atom stereocenters. The molecule has 2 N–H and O–H groups in total. The van der Waals surface area contributed by atoms with Crippen LogP contribution in [0.25, 0.3) is 0 Å². The number of carbonyl (C=O) groups is 1. The molecule has 0 fully saturated rings. The number of nitrogens with one attached hydrogen (secondary N) is 1. The molecule has 1 aromatic carbocycles. The fourth-order valence-electron chi connectivity index (χ4n) is 1.66. The summed E-state index contributed by atoms with van der Waals surface area (Å²) in [5, 5.41) is 8.99. The minimum Gasteiger partial charge on any atom is -0.478 e. The maximum atomic E-state index is 12.0. The fourth-order valence-corrected chi connectivity index (χ4v) is 2.86. The molecule has 0 atom stereocenters.